The summed E-state index contributed by atoms with van der Waals surface area (Å²) in [5.74, 6) is -3.67. The number of pyridine rings is 1. The van der Waals surface area contributed by atoms with Gasteiger partial charge in [-0.15, -0.1) is 0 Å². The van der Waals surface area contributed by atoms with E-state index in [0.717, 1.165) is 36.3 Å². The predicted octanol–water partition coefficient (Wildman–Crippen LogP) is 5.56. The Balaban J connectivity index is 1.76. The van der Waals surface area contributed by atoms with Crippen molar-refractivity contribution in [3.8, 4) is 5.75 Å². The van der Waals surface area contributed by atoms with Crippen LogP contribution in [0.15, 0.2) is 72.6 Å². The molecule has 8 heteroatoms. The number of aliphatic hydroxyl groups is 1. The van der Waals surface area contributed by atoms with Crippen LogP contribution in [0.4, 0.5) is 14.5 Å². The van der Waals surface area contributed by atoms with E-state index in [0.29, 0.717) is 24.0 Å². The maximum Gasteiger partial charge on any atom is 0.300 e. The van der Waals surface area contributed by atoms with Crippen LogP contribution in [-0.4, -0.2) is 28.4 Å². The number of halogens is 2. The minimum absolute atomic E-state index is 0.219. The number of hydrogen-bond donors (Lipinski definition) is 1. The summed E-state index contributed by atoms with van der Waals surface area (Å²) in [6.45, 7) is 2.67. The molecule has 3 aromatic rings. The van der Waals surface area contributed by atoms with Crippen LogP contribution in [0.25, 0.3) is 5.76 Å². The lowest BCUT2D eigenvalue weighted by molar-refractivity contribution is -0.132. The van der Waals surface area contributed by atoms with Gasteiger partial charge in [-0.1, -0.05) is 25.8 Å². The fraction of sp³-hybridized carbons (Fsp3) is 0.222. The molecule has 1 atom stereocenters. The molecule has 1 saturated heterocycles. The summed E-state index contributed by atoms with van der Waals surface area (Å²) in [4.78, 5) is 31.1. The second-order valence-electron chi connectivity index (χ2n) is 8.13. The normalized spacial score (nSPS) is 17.1. The van der Waals surface area contributed by atoms with Crippen molar-refractivity contribution < 1.29 is 28.2 Å². The van der Waals surface area contributed by atoms with Crippen molar-refractivity contribution in [3.05, 3.63) is 95.3 Å². The first-order valence-corrected chi connectivity index (χ1v) is 11.3. The van der Waals surface area contributed by atoms with E-state index in [-0.39, 0.29) is 16.8 Å². The predicted molar refractivity (Wildman–Crippen MR) is 127 cm³/mol. The van der Waals surface area contributed by atoms with E-state index in [4.69, 9.17) is 4.74 Å². The summed E-state index contributed by atoms with van der Waals surface area (Å²) >= 11 is 0. The van der Waals surface area contributed by atoms with Gasteiger partial charge in [0.1, 0.15) is 23.1 Å². The van der Waals surface area contributed by atoms with Crippen LogP contribution in [-0.2, 0) is 9.59 Å². The van der Waals surface area contributed by atoms with E-state index >= 15 is 0 Å². The lowest BCUT2D eigenvalue weighted by Crippen LogP contribution is -2.30. The fourth-order valence-electron chi connectivity index (χ4n) is 4.02. The molecule has 1 aliphatic heterocycles. The molecule has 2 aromatic carbocycles. The monoisotopic (exact) mass is 478 g/mol. The summed E-state index contributed by atoms with van der Waals surface area (Å²) < 4.78 is 33.9. The number of aromatic nitrogens is 1. The van der Waals surface area contributed by atoms with Crippen molar-refractivity contribution in [2.24, 2.45) is 0 Å². The number of anilines is 1. The zero-order valence-corrected chi connectivity index (χ0v) is 19.1. The summed E-state index contributed by atoms with van der Waals surface area (Å²) in [6.07, 6.45) is 5.99. The SMILES string of the molecule is CCCCCOc1ccc(/C(O)=C2\C(=O)C(=O)N(c3ccc(F)cc3F)C2c2cccnc2)cc1. The van der Waals surface area contributed by atoms with Crippen molar-refractivity contribution in [2.45, 2.75) is 32.2 Å². The molecule has 1 amide bonds. The number of nitrogens with zero attached hydrogens (tertiary/aromatic N) is 2. The molecule has 35 heavy (non-hydrogen) atoms. The van der Waals surface area contributed by atoms with Crippen LogP contribution in [0, 0.1) is 11.6 Å². The molecular formula is C27H24F2N2O4. The maximum atomic E-state index is 14.7. The third-order valence-electron chi connectivity index (χ3n) is 5.76. The molecule has 180 valence electrons. The van der Waals surface area contributed by atoms with Gasteiger partial charge in [0.2, 0.25) is 0 Å². The van der Waals surface area contributed by atoms with Crippen molar-refractivity contribution in [1.29, 1.82) is 0 Å². The van der Waals surface area contributed by atoms with E-state index in [9.17, 15) is 23.5 Å². The third kappa shape index (κ3) is 4.91. The highest BCUT2D eigenvalue weighted by Crippen LogP contribution is 2.42. The number of carbonyl (C=O) groups is 2. The molecule has 1 unspecified atom stereocenters. The van der Waals surface area contributed by atoms with Gasteiger partial charge in [0.15, 0.2) is 0 Å². The topological polar surface area (TPSA) is 79.7 Å². The molecule has 1 fully saturated rings. The molecule has 1 N–H and O–H groups in total. The Labute approximate surface area is 201 Å². The summed E-state index contributed by atoms with van der Waals surface area (Å²) in [5, 5.41) is 11.1. The first-order chi connectivity index (χ1) is 16.9. The van der Waals surface area contributed by atoms with E-state index in [1.54, 1.807) is 36.4 Å². The Bertz CT molecular complexity index is 1260. The van der Waals surface area contributed by atoms with E-state index in [2.05, 4.69) is 11.9 Å². The van der Waals surface area contributed by atoms with Crippen LogP contribution in [0.3, 0.4) is 0 Å². The van der Waals surface area contributed by atoms with Crippen LogP contribution in [0.1, 0.15) is 43.4 Å². The number of amides is 1. The van der Waals surface area contributed by atoms with Gasteiger partial charge in [0.05, 0.1) is 23.9 Å². The van der Waals surface area contributed by atoms with E-state index < -0.39 is 35.1 Å². The summed E-state index contributed by atoms with van der Waals surface area (Å²) in [5.41, 5.74) is 0.172. The molecule has 0 aliphatic carbocycles. The molecule has 0 saturated carbocycles. The molecule has 1 aliphatic rings. The van der Waals surface area contributed by atoms with E-state index in [1.807, 2.05) is 0 Å². The Hall–Kier alpha value is -4.07. The standard InChI is InChI=1S/C27H24F2N2O4/c1-2-3-4-14-35-20-10-7-17(8-11-20)25(32)23-24(18-6-5-13-30-16-18)31(27(34)26(23)33)22-12-9-19(28)15-21(22)29/h5-13,15-16,24,32H,2-4,14H2,1H3/b25-23+. The number of Topliss-reactive ketones (excluding diaryl/α,β-unsaturated/α-hetero) is 1. The Morgan fingerprint density at radius 2 is 1.86 bits per heavy atom. The highest BCUT2D eigenvalue weighted by Gasteiger charge is 2.47. The van der Waals surface area contributed by atoms with Crippen molar-refractivity contribution in [2.75, 3.05) is 11.5 Å². The molecule has 0 radical (unpaired) electrons. The maximum absolute atomic E-state index is 14.7. The zero-order valence-electron chi connectivity index (χ0n) is 19.1. The third-order valence-corrected chi connectivity index (χ3v) is 5.76. The Morgan fingerprint density at radius 1 is 1.09 bits per heavy atom. The van der Waals surface area contributed by atoms with Gasteiger partial charge in [-0.3, -0.25) is 19.5 Å². The number of aliphatic hydroxyl groups excluding tert-OH is 1. The highest BCUT2D eigenvalue weighted by atomic mass is 19.1. The van der Waals surface area contributed by atoms with Gasteiger partial charge in [-0.2, -0.15) is 0 Å². The summed E-state index contributed by atoms with van der Waals surface area (Å²) in [6, 6.07) is 11.3. The van der Waals surface area contributed by atoms with Gasteiger partial charge >= 0.3 is 0 Å². The second kappa shape index (κ2) is 10.5. The van der Waals surface area contributed by atoms with Gasteiger partial charge in [-0.05, 0) is 54.4 Å². The molecular weight excluding hydrogens is 454 g/mol. The van der Waals surface area contributed by atoms with Crippen LogP contribution < -0.4 is 9.64 Å². The number of ether oxygens (including phenoxy) is 1. The second-order valence-corrected chi connectivity index (χ2v) is 8.13. The molecule has 4 rings (SSSR count). The number of benzene rings is 2. The smallest absolute Gasteiger partial charge is 0.300 e. The van der Waals surface area contributed by atoms with Crippen LogP contribution in [0.5, 0.6) is 5.75 Å². The number of ketones is 1. The van der Waals surface area contributed by atoms with Gasteiger partial charge in [-0.25, -0.2) is 8.78 Å². The number of rotatable bonds is 8. The van der Waals surface area contributed by atoms with Gasteiger partial charge in [0, 0.05) is 24.0 Å². The number of hydrogen-bond acceptors (Lipinski definition) is 5. The number of carbonyl (C=O) groups excluding carboxylic acids is 2. The van der Waals surface area contributed by atoms with Crippen molar-refractivity contribution >= 4 is 23.1 Å². The Morgan fingerprint density at radius 3 is 2.51 bits per heavy atom. The number of unbranched alkanes of at least 4 members (excludes halogenated alkanes) is 2. The van der Waals surface area contributed by atoms with Gasteiger partial charge < -0.3 is 9.84 Å². The molecule has 1 aromatic heterocycles. The average Bonchev–Trinajstić information content (AvgIpc) is 3.13. The quantitative estimate of drug-likeness (QED) is 0.199. The van der Waals surface area contributed by atoms with Crippen molar-refractivity contribution in [1.82, 2.24) is 4.98 Å². The first-order valence-electron chi connectivity index (χ1n) is 11.3. The lowest BCUT2D eigenvalue weighted by atomic mass is 9.96. The zero-order chi connectivity index (χ0) is 24.9. The van der Waals surface area contributed by atoms with Crippen molar-refractivity contribution in [3.63, 3.8) is 0 Å². The molecule has 0 bridgehead atoms. The molecule has 2 heterocycles. The van der Waals surface area contributed by atoms with Crippen LogP contribution in [0.2, 0.25) is 0 Å². The van der Waals surface area contributed by atoms with Crippen LogP contribution >= 0.6 is 0 Å². The molecule has 0 spiro atoms. The highest BCUT2D eigenvalue weighted by molar-refractivity contribution is 6.51. The minimum atomic E-state index is -1.16. The average molecular weight is 478 g/mol. The first kappa shape index (κ1) is 24.1. The molecule has 6 nitrogen and oxygen atoms in total. The fourth-order valence-corrected chi connectivity index (χ4v) is 4.02. The largest absolute Gasteiger partial charge is 0.507 e. The van der Waals surface area contributed by atoms with Gasteiger partial charge in [0.25, 0.3) is 11.7 Å². The minimum Gasteiger partial charge on any atom is -0.507 e. The summed E-state index contributed by atoms with van der Waals surface area (Å²) in [7, 11) is 0. The van der Waals surface area contributed by atoms with E-state index in [1.165, 1.54) is 12.4 Å². The Kier molecular flexibility index (Phi) is 7.19. The lowest BCUT2D eigenvalue weighted by Gasteiger charge is -2.25.